The van der Waals surface area contributed by atoms with Crippen LogP contribution in [0.2, 0.25) is 0 Å². The summed E-state index contributed by atoms with van der Waals surface area (Å²) in [5, 5.41) is 9.45. The topological polar surface area (TPSA) is 59.8 Å². The quantitative estimate of drug-likeness (QED) is 0.907. The molecule has 0 radical (unpaired) electrons. The number of nitrogens with zero attached hydrogens (tertiary/aromatic N) is 3. The zero-order valence-corrected chi connectivity index (χ0v) is 11.7. The number of benzene rings is 1. The van der Waals surface area contributed by atoms with Crippen LogP contribution >= 0.6 is 15.9 Å². The number of halogens is 4. The summed E-state index contributed by atoms with van der Waals surface area (Å²) in [6.07, 6.45) is -3.29. The molecule has 0 fully saturated rings. The SMILES string of the molecule is Cn1nncc1C(=O)Nc1ccc(Br)c(C(F)(F)F)c1. The molecule has 1 aromatic carbocycles. The van der Waals surface area contributed by atoms with Gasteiger partial charge in [-0.25, -0.2) is 4.68 Å². The molecule has 0 atom stereocenters. The molecular weight excluding hydrogens is 341 g/mol. The maximum Gasteiger partial charge on any atom is 0.417 e. The van der Waals surface area contributed by atoms with E-state index < -0.39 is 17.6 Å². The molecule has 0 aliphatic heterocycles. The number of aryl methyl sites for hydroxylation is 1. The minimum absolute atomic E-state index is 0.0340. The Hall–Kier alpha value is -1.90. The number of alkyl halides is 3. The first-order valence-electron chi connectivity index (χ1n) is 5.32. The van der Waals surface area contributed by atoms with Gasteiger partial charge in [-0.2, -0.15) is 13.2 Å². The maximum absolute atomic E-state index is 12.7. The van der Waals surface area contributed by atoms with E-state index in [-0.39, 0.29) is 15.9 Å². The highest BCUT2D eigenvalue weighted by Gasteiger charge is 2.33. The van der Waals surface area contributed by atoms with E-state index in [0.29, 0.717) is 0 Å². The van der Waals surface area contributed by atoms with Crippen molar-refractivity contribution in [2.45, 2.75) is 6.18 Å². The zero-order chi connectivity index (χ0) is 14.9. The van der Waals surface area contributed by atoms with Gasteiger partial charge in [-0.3, -0.25) is 4.79 Å². The number of carbonyl (C=O) groups excluding carboxylic acids is 1. The molecular formula is C11H8BrF3N4O. The average molecular weight is 349 g/mol. The first-order chi connectivity index (χ1) is 9.29. The molecule has 20 heavy (non-hydrogen) atoms. The molecule has 1 amide bonds. The van der Waals surface area contributed by atoms with E-state index in [0.717, 1.165) is 6.07 Å². The Balaban J connectivity index is 2.27. The van der Waals surface area contributed by atoms with Gasteiger partial charge in [0, 0.05) is 17.2 Å². The highest BCUT2D eigenvalue weighted by atomic mass is 79.9. The van der Waals surface area contributed by atoms with Gasteiger partial charge in [0.25, 0.3) is 5.91 Å². The van der Waals surface area contributed by atoms with Crippen LogP contribution in [0.5, 0.6) is 0 Å². The Morgan fingerprint density at radius 1 is 1.40 bits per heavy atom. The van der Waals surface area contributed by atoms with Gasteiger partial charge in [-0.05, 0) is 18.2 Å². The predicted molar refractivity (Wildman–Crippen MR) is 68.1 cm³/mol. The summed E-state index contributed by atoms with van der Waals surface area (Å²) in [6.45, 7) is 0. The van der Waals surface area contributed by atoms with Gasteiger partial charge < -0.3 is 5.32 Å². The summed E-state index contributed by atoms with van der Waals surface area (Å²) in [5.74, 6) is -0.590. The first kappa shape index (κ1) is 14.5. The Bertz CT molecular complexity index is 653. The van der Waals surface area contributed by atoms with E-state index in [4.69, 9.17) is 0 Å². The van der Waals surface area contributed by atoms with Crippen LogP contribution in [0.4, 0.5) is 18.9 Å². The monoisotopic (exact) mass is 348 g/mol. The van der Waals surface area contributed by atoms with Crippen LogP contribution in [0.25, 0.3) is 0 Å². The lowest BCUT2D eigenvalue weighted by Crippen LogP contribution is -2.16. The van der Waals surface area contributed by atoms with Crippen LogP contribution in [-0.4, -0.2) is 20.9 Å². The molecule has 9 heteroatoms. The molecule has 1 aromatic heterocycles. The third-order valence-corrected chi connectivity index (χ3v) is 3.17. The van der Waals surface area contributed by atoms with Crippen LogP contribution < -0.4 is 5.32 Å². The van der Waals surface area contributed by atoms with Gasteiger partial charge in [0.05, 0.1) is 11.8 Å². The summed E-state index contributed by atoms with van der Waals surface area (Å²) < 4.78 is 39.3. The second-order valence-electron chi connectivity index (χ2n) is 3.89. The molecule has 1 heterocycles. The maximum atomic E-state index is 12.7. The largest absolute Gasteiger partial charge is 0.417 e. The summed E-state index contributed by atoms with van der Waals surface area (Å²) in [4.78, 5) is 11.8. The number of amides is 1. The van der Waals surface area contributed by atoms with Crippen LogP contribution in [0.15, 0.2) is 28.9 Å². The van der Waals surface area contributed by atoms with Crippen LogP contribution in [0.1, 0.15) is 16.1 Å². The van der Waals surface area contributed by atoms with E-state index in [2.05, 4.69) is 31.6 Å². The van der Waals surface area contributed by atoms with E-state index in [1.807, 2.05) is 0 Å². The molecule has 0 bridgehead atoms. The smallest absolute Gasteiger partial charge is 0.321 e. The highest BCUT2D eigenvalue weighted by molar-refractivity contribution is 9.10. The Labute approximate surface area is 119 Å². The van der Waals surface area contributed by atoms with Crippen LogP contribution in [0.3, 0.4) is 0 Å². The van der Waals surface area contributed by atoms with Gasteiger partial charge in [0.2, 0.25) is 0 Å². The van der Waals surface area contributed by atoms with Crippen molar-refractivity contribution < 1.29 is 18.0 Å². The zero-order valence-electron chi connectivity index (χ0n) is 10.1. The number of hydrogen-bond donors (Lipinski definition) is 1. The molecule has 1 N–H and O–H groups in total. The summed E-state index contributed by atoms with van der Waals surface area (Å²) >= 11 is 2.83. The number of nitrogens with one attached hydrogen (secondary N) is 1. The fourth-order valence-electron chi connectivity index (χ4n) is 1.51. The van der Waals surface area contributed by atoms with E-state index in [1.165, 1.54) is 30.1 Å². The van der Waals surface area contributed by atoms with Crippen molar-refractivity contribution in [2.75, 3.05) is 5.32 Å². The predicted octanol–water partition coefficient (Wildman–Crippen LogP) is 2.85. The summed E-state index contributed by atoms with van der Waals surface area (Å²) in [6, 6.07) is 3.44. The molecule has 106 valence electrons. The van der Waals surface area contributed by atoms with Gasteiger partial charge in [-0.15, -0.1) is 5.10 Å². The van der Waals surface area contributed by atoms with Gasteiger partial charge in [0.1, 0.15) is 5.69 Å². The van der Waals surface area contributed by atoms with Crippen LogP contribution in [0, 0.1) is 0 Å². The first-order valence-corrected chi connectivity index (χ1v) is 6.11. The summed E-state index contributed by atoms with van der Waals surface area (Å²) in [7, 11) is 1.50. The Morgan fingerprint density at radius 2 is 2.10 bits per heavy atom. The van der Waals surface area contributed by atoms with Crippen LogP contribution in [-0.2, 0) is 13.2 Å². The molecule has 0 spiro atoms. The molecule has 0 aliphatic carbocycles. The Morgan fingerprint density at radius 3 is 2.65 bits per heavy atom. The third-order valence-electron chi connectivity index (χ3n) is 2.48. The Kier molecular flexibility index (Phi) is 3.80. The molecule has 0 aliphatic rings. The molecule has 0 unspecified atom stereocenters. The van der Waals surface area contributed by atoms with Crippen molar-refractivity contribution in [3.63, 3.8) is 0 Å². The van der Waals surface area contributed by atoms with Gasteiger partial charge in [-0.1, -0.05) is 21.1 Å². The van der Waals surface area contributed by atoms with E-state index in [1.54, 1.807) is 0 Å². The molecule has 0 saturated carbocycles. The van der Waals surface area contributed by atoms with Crippen molar-refractivity contribution in [1.29, 1.82) is 0 Å². The fourth-order valence-corrected chi connectivity index (χ4v) is 1.98. The van der Waals surface area contributed by atoms with Gasteiger partial charge in [0.15, 0.2) is 0 Å². The minimum atomic E-state index is -4.51. The number of anilines is 1. The minimum Gasteiger partial charge on any atom is -0.321 e. The summed E-state index contributed by atoms with van der Waals surface area (Å²) in [5.41, 5.74) is -0.688. The second-order valence-corrected chi connectivity index (χ2v) is 4.74. The number of hydrogen-bond acceptors (Lipinski definition) is 3. The number of aromatic nitrogens is 3. The lowest BCUT2D eigenvalue weighted by Gasteiger charge is -2.11. The van der Waals surface area contributed by atoms with E-state index in [9.17, 15) is 18.0 Å². The number of rotatable bonds is 2. The van der Waals surface area contributed by atoms with Crippen molar-refractivity contribution in [2.24, 2.45) is 7.05 Å². The fraction of sp³-hybridized carbons (Fsp3) is 0.182. The molecule has 2 aromatic rings. The van der Waals surface area contributed by atoms with Gasteiger partial charge >= 0.3 is 6.18 Å². The standard InChI is InChI=1S/C11H8BrF3N4O/c1-19-9(5-16-18-19)10(20)17-6-2-3-8(12)7(4-6)11(13,14)15/h2-5H,1H3,(H,17,20). The van der Waals surface area contributed by atoms with E-state index >= 15 is 0 Å². The average Bonchev–Trinajstić information content (AvgIpc) is 2.76. The van der Waals surface area contributed by atoms with Crippen molar-refractivity contribution in [3.8, 4) is 0 Å². The highest BCUT2D eigenvalue weighted by Crippen LogP contribution is 2.36. The van der Waals surface area contributed by atoms with Crippen molar-refractivity contribution >= 4 is 27.5 Å². The number of carbonyl (C=O) groups is 1. The molecule has 2 rings (SSSR count). The second kappa shape index (κ2) is 5.23. The van der Waals surface area contributed by atoms with Crippen molar-refractivity contribution in [3.05, 3.63) is 40.1 Å². The molecule has 0 saturated heterocycles. The third kappa shape index (κ3) is 2.98. The lowest BCUT2D eigenvalue weighted by molar-refractivity contribution is -0.138. The lowest BCUT2D eigenvalue weighted by atomic mass is 10.2. The normalized spacial score (nSPS) is 11.4. The molecule has 5 nitrogen and oxygen atoms in total. The van der Waals surface area contributed by atoms with Crippen molar-refractivity contribution in [1.82, 2.24) is 15.0 Å².